The molecule has 0 amide bonds. The third-order valence-electron chi connectivity index (χ3n) is 4.86. The highest BCUT2D eigenvalue weighted by Crippen LogP contribution is 2.24. The lowest BCUT2D eigenvalue weighted by molar-refractivity contribution is -0.0302. The Kier molecular flexibility index (Phi) is 6.93. The first kappa shape index (κ1) is 17.2. The Bertz CT molecular complexity index is 299. The maximum Gasteiger partial charge on any atom is 0.0724 e. The molecule has 4 unspecified atom stereocenters. The second-order valence-electron chi connectivity index (χ2n) is 7.31. The van der Waals surface area contributed by atoms with Crippen molar-refractivity contribution in [3.05, 3.63) is 0 Å². The fourth-order valence-corrected chi connectivity index (χ4v) is 3.46. The van der Waals surface area contributed by atoms with Crippen molar-refractivity contribution in [2.45, 2.75) is 58.3 Å². The molecule has 2 heterocycles. The molecule has 0 bridgehead atoms. The number of piperidine rings is 1. The standard InChI is InChI=1S/C17H34N2O2/c1-13(2)9-18-10-15-5-6-16(21-15)11-19-8-7-14(3)17(12-19)20-4/h13-18H,5-12H2,1-4H3. The van der Waals surface area contributed by atoms with Crippen LogP contribution in [0.5, 0.6) is 0 Å². The molecule has 124 valence electrons. The summed E-state index contributed by atoms with van der Waals surface area (Å²) in [6, 6.07) is 0. The molecule has 0 aromatic rings. The molecule has 4 atom stereocenters. The number of hydrogen-bond donors (Lipinski definition) is 1. The van der Waals surface area contributed by atoms with Crippen LogP contribution in [0.4, 0.5) is 0 Å². The summed E-state index contributed by atoms with van der Waals surface area (Å²) in [5.41, 5.74) is 0. The molecule has 0 aliphatic carbocycles. The van der Waals surface area contributed by atoms with Gasteiger partial charge in [0.05, 0.1) is 18.3 Å². The summed E-state index contributed by atoms with van der Waals surface area (Å²) in [7, 11) is 1.84. The van der Waals surface area contributed by atoms with Crippen molar-refractivity contribution in [2.75, 3.05) is 39.8 Å². The highest BCUT2D eigenvalue weighted by atomic mass is 16.5. The van der Waals surface area contributed by atoms with Gasteiger partial charge in [0.1, 0.15) is 0 Å². The van der Waals surface area contributed by atoms with Gasteiger partial charge < -0.3 is 14.8 Å². The third kappa shape index (κ3) is 5.51. The average Bonchev–Trinajstić information content (AvgIpc) is 2.88. The third-order valence-corrected chi connectivity index (χ3v) is 4.86. The van der Waals surface area contributed by atoms with Gasteiger partial charge in [-0.2, -0.15) is 0 Å². The molecular weight excluding hydrogens is 264 g/mol. The molecule has 4 heteroatoms. The van der Waals surface area contributed by atoms with Gasteiger partial charge in [-0.15, -0.1) is 0 Å². The normalized spacial score (nSPS) is 34.7. The van der Waals surface area contributed by atoms with Gasteiger partial charge in [0.25, 0.3) is 0 Å². The fraction of sp³-hybridized carbons (Fsp3) is 1.00. The van der Waals surface area contributed by atoms with Crippen LogP contribution in [0.15, 0.2) is 0 Å². The Morgan fingerprint density at radius 3 is 2.71 bits per heavy atom. The van der Waals surface area contributed by atoms with Crippen LogP contribution < -0.4 is 5.32 Å². The summed E-state index contributed by atoms with van der Waals surface area (Å²) in [4.78, 5) is 2.53. The van der Waals surface area contributed by atoms with E-state index in [9.17, 15) is 0 Å². The molecule has 4 nitrogen and oxygen atoms in total. The molecule has 2 aliphatic heterocycles. The van der Waals surface area contributed by atoms with Gasteiger partial charge >= 0.3 is 0 Å². The first-order valence-electron chi connectivity index (χ1n) is 8.69. The van der Waals surface area contributed by atoms with E-state index in [1.165, 1.54) is 25.8 Å². The number of nitrogens with one attached hydrogen (secondary N) is 1. The van der Waals surface area contributed by atoms with Crippen molar-refractivity contribution in [2.24, 2.45) is 11.8 Å². The van der Waals surface area contributed by atoms with Gasteiger partial charge in [0.15, 0.2) is 0 Å². The molecule has 0 spiro atoms. The molecule has 0 radical (unpaired) electrons. The topological polar surface area (TPSA) is 33.7 Å². The zero-order valence-corrected chi connectivity index (χ0v) is 14.3. The van der Waals surface area contributed by atoms with E-state index in [1.807, 2.05) is 7.11 Å². The van der Waals surface area contributed by atoms with Crippen molar-refractivity contribution in [3.8, 4) is 0 Å². The minimum absolute atomic E-state index is 0.392. The van der Waals surface area contributed by atoms with Crippen LogP contribution in [0.25, 0.3) is 0 Å². The molecule has 0 saturated carbocycles. The van der Waals surface area contributed by atoms with Crippen LogP contribution >= 0.6 is 0 Å². The Morgan fingerprint density at radius 1 is 1.24 bits per heavy atom. The Hall–Kier alpha value is -0.160. The molecule has 1 N–H and O–H groups in total. The summed E-state index contributed by atoms with van der Waals surface area (Å²) in [6.45, 7) is 12.2. The molecule has 2 saturated heterocycles. The monoisotopic (exact) mass is 298 g/mol. The van der Waals surface area contributed by atoms with E-state index in [0.717, 1.165) is 26.2 Å². The molecule has 0 aromatic heterocycles. The van der Waals surface area contributed by atoms with Crippen LogP contribution in [0.3, 0.4) is 0 Å². The number of methoxy groups -OCH3 is 1. The highest BCUT2D eigenvalue weighted by molar-refractivity contribution is 4.83. The predicted octanol–water partition coefficient (Wildman–Crippen LogP) is 2.14. The first-order valence-corrected chi connectivity index (χ1v) is 8.69. The van der Waals surface area contributed by atoms with E-state index < -0.39 is 0 Å². The van der Waals surface area contributed by atoms with Crippen molar-refractivity contribution >= 4 is 0 Å². The van der Waals surface area contributed by atoms with Gasteiger partial charge in [-0.3, -0.25) is 4.90 Å². The largest absolute Gasteiger partial charge is 0.380 e. The quantitative estimate of drug-likeness (QED) is 0.781. The minimum Gasteiger partial charge on any atom is -0.380 e. The highest BCUT2D eigenvalue weighted by Gasteiger charge is 2.31. The molecule has 0 aromatic carbocycles. The second-order valence-corrected chi connectivity index (χ2v) is 7.31. The van der Waals surface area contributed by atoms with Crippen molar-refractivity contribution in [3.63, 3.8) is 0 Å². The smallest absolute Gasteiger partial charge is 0.0724 e. The Balaban J connectivity index is 1.65. The van der Waals surface area contributed by atoms with Crippen LogP contribution in [-0.4, -0.2) is 63.0 Å². The van der Waals surface area contributed by atoms with E-state index in [0.29, 0.717) is 30.1 Å². The lowest BCUT2D eigenvalue weighted by Crippen LogP contribution is -2.46. The van der Waals surface area contributed by atoms with Crippen molar-refractivity contribution < 1.29 is 9.47 Å². The van der Waals surface area contributed by atoms with E-state index in [4.69, 9.17) is 9.47 Å². The lowest BCUT2D eigenvalue weighted by atomic mass is 9.95. The predicted molar refractivity (Wildman–Crippen MR) is 86.6 cm³/mol. The van der Waals surface area contributed by atoms with Crippen LogP contribution in [0, 0.1) is 11.8 Å². The fourth-order valence-electron chi connectivity index (χ4n) is 3.46. The summed E-state index contributed by atoms with van der Waals surface area (Å²) in [5.74, 6) is 1.40. The number of ether oxygens (including phenoxy) is 2. The zero-order valence-electron chi connectivity index (χ0n) is 14.3. The molecule has 21 heavy (non-hydrogen) atoms. The minimum atomic E-state index is 0.392. The van der Waals surface area contributed by atoms with Crippen LogP contribution in [0.2, 0.25) is 0 Å². The molecule has 2 fully saturated rings. The summed E-state index contributed by atoms with van der Waals surface area (Å²) in [5, 5.41) is 3.51. The maximum absolute atomic E-state index is 6.20. The van der Waals surface area contributed by atoms with Gasteiger partial charge in [-0.1, -0.05) is 20.8 Å². The van der Waals surface area contributed by atoms with E-state index >= 15 is 0 Å². The molecular formula is C17H34N2O2. The average molecular weight is 298 g/mol. The second kappa shape index (κ2) is 8.47. The maximum atomic E-state index is 6.20. The van der Waals surface area contributed by atoms with Gasteiger partial charge in [0, 0.05) is 26.7 Å². The van der Waals surface area contributed by atoms with Crippen molar-refractivity contribution in [1.82, 2.24) is 10.2 Å². The van der Waals surface area contributed by atoms with E-state index in [2.05, 4.69) is 31.0 Å². The van der Waals surface area contributed by atoms with Gasteiger partial charge in [0.2, 0.25) is 0 Å². The van der Waals surface area contributed by atoms with E-state index in [1.54, 1.807) is 0 Å². The molecule has 2 rings (SSSR count). The van der Waals surface area contributed by atoms with Crippen molar-refractivity contribution in [1.29, 1.82) is 0 Å². The van der Waals surface area contributed by atoms with Gasteiger partial charge in [-0.05, 0) is 44.2 Å². The Morgan fingerprint density at radius 2 is 2.00 bits per heavy atom. The number of hydrogen-bond acceptors (Lipinski definition) is 4. The van der Waals surface area contributed by atoms with Crippen LogP contribution in [-0.2, 0) is 9.47 Å². The number of rotatable bonds is 7. The summed E-state index contributed by atoms with van der Waals surface area (Å²) in [6.07, 6.45) is 4.87. The molecule has 2 aliphatic rings. The number of nitrogens with zero attached hydrogens (tertiary/aromatic N) is 1. The zero-order chi connectivity index (χ0) is 15.2. The Labute approximate surface area is 130 Å². The van der Waals surface area contributed by atoms with Crippen LogP contribution in [0.1, 0.15) is 40.0 Å². The lowest BCUT2D eigenvalue weighted by Gasteiger charge is -2.37. The summed E-state index contributed by atoms with van der Waals surface area (Å²) >= 11 is 0. The van der Waals surface area contributed by atoms with Gasteiger partial charge in [-0.25, -0.2) is 0 Å². The summed E-state index contributed by atoms with van der Waals surface area (Å²) < 4.78 is 11.8. The number of likely N-dealkylation sites (tertiary alicyclic amines) is 1. The van der Waals surface area contributed by atoms with E-state index in [-0.39, 0.29) is 0 Å². The SMILES string of the molecule is COC1CN(CC2CCC(CNCC(C)C)O2)CCC1C. The first-order chi connectivity index (χ1) is 10.1.